The van der Waals surface area contributed by atoms with Gasteiger partial charge in [-0.15, -0.1) is 0 Å². The van der Waals surface area contributed by atoms with E-state index in [4.69, 9.17) is 11.6 Å². The molecule has 0 aliphatic rings. The minimum atomic E-state index is -0.335. The fourth-order valence-corrected chi connectivity index (χ4v) is 2.56. The fourth-order valence-electron chi connectivity index (χ4n) is 2.37. The first-order valence-electron chi connectivity index (χ1n) is 6.14. The zero-order valence-corrected chi connectivity index (χ0v) is 11.3. The molecule has 1 heterocycles. The average molecular weight is 274 g/mol. The molecule has 0 saturated carbocycles. The van der Waals surface area contributed by atoms with Crippen LogP contribution in [-0.2, 0) is 6.54 Å². The molecule has 0 atom stereocenters. The third kappa shape index (κ3) is 2.13. The van der Waals surface area contributed by atoms with Crippen molar-refractivity contribution in [3.63, 3.8) is 0 Å². The van der Waals surface area contributed by atoms with Gasteiger partial charge < -0.3 is 4.57 Å². The van der Waals surface area contributed by atoms with Crippen LogP contribution in [0.4, 0.5) is 4.39 Å². The van der Waals surface area contributed by atoms with Gasteiger partial charge in [0.1, 0.15) is 5.82 Å². The summed E-state index contributed by atoms with van der Waals surface area (Å²) in [5.41, 5.74) is 2.94. The molecule has 96 valence electrons. The largest absolute Gasteiger partial charge is 0.343 e. The van der Waals surface area contributed by atoms with E-state index in [2.05, 4.69) is 19.1 Å². The minimum Gasteiger partial charge on any atom is -0.343 e. The van der Waals surface area contributed by atoms with Gasteiger partial charge in [-0.1, -0.05) is 35.9 Å². The summed E-state index contributed by atoms with van der Waals surface area (Å²) in [6.45, 7) is 2.56. The third-order valence-corrected chi connectivity index (χ3v) is 3.70. The second-order valence-electron chi connectivity index (χ2n) is 4.66. The van der Waals surface area contributed by atoms with E-state index in [1.54, 1.807) is 18.2 Å². The number of aromatic nitrogens is 1. The molecule has 0 unspecified atom stereocenters. The summed E-state index contributed by atoms with van der Waals surface area (Å²) in [6.07, 6.45) is 1.98. The van der Waals surface area contributed by atoms with Crippen molar-refractivity contribution in [3.05, 3.63) is 70.6 Å². The van der Waals surface area contributed by atoms with Crippen molar-refractivity contribution < 1.29 is 4.39 Å². The standard InChI is InChI=1S/C16H13ClFN/c1-11-4-2-7-15-13(11)8-9-19(15)10-12-5-3-6-14(17)16(12)18/h2-9H,10H2,1H3. The SMILES string of the molecule is Cc1cccc2c1ccn2Cc1cccc(Cl)c1F. The van der Waals surface area contributed by atoms with E-state index in [0.29, 0.717) is 12.1 Å². The van der Waals surface area contributed by atoms with Gasteiger partial charge in [0.25, 0.3) is 0 Å². The highest BCUT2D eigenvalue weighted by atomic mass is 35.5. The first kappa shape index (κ1) is 12.2. The molecule has 3 rings (SSSR count). The summed E-state index contributed by atoms with van der Waals surface area (Å²) in [4.78, 5) is 0. The zero-order valence-electron chi connectivity index (χ0n) is 10.5. The Morgan fingerprint density at radius 1 is 1.11 bits per heavy atom. The number of rotatable bonds is 2. The molecule has 0 saturated heterocycles. The van der Waals surface area contributed by atoms with Crippen LogP contribution in [0, 0.1) is 12.7 Å². The Morgan fingerprint density at radius 2 is 1.89 bits per heavy atom. The van der Waals surface area contributed by atoms with Gasteiger partial charge in [0.2, 0.25) is 0 Å². The number of benzene rings is 2. The predicted molar refractivity (Wildman–Crippen MR) is 77.2 cm³/mol. The summed E-state index contributed by atoms with van der Waals surface area (Å²) < 4.78 is 16.0. The molecule has 3 aromatic rings. The number of nitrogens with zero attached hydrogens (tertiary/aromatic N) is 1. The lowest BCUT2D eigenvalue weighted by molar-refractivity contribution is 0.602. The first-order valence-corrected chi connectivity index (χ1v) is 6.52. The van der Waals surface area contributed by atoms with E-state index >= 15 is 0 Å². The Balaban J connectivity index is 2.07. The maximum atomic E-state index is 13.9. The molecule has 0 aliphatic heterocycles. The number of fused-ring (bicyclic) bond motifs is 1. The van der Waals surface area contributed by atoms with Gasteiger partial charge in [-0.2, -0.15) is 0 Å². The summed E-state index contributed by atoms with van der Waals surface area (Å²) >= 11 is 5.81. The quantitative estimate of drug-likeness (QED) is 0.633. The Hall–Kier alpha value is -1.80. The molecular formula is C16H13ClFN. The Bertz CT molecular complexity index is 746. The molecule has 0 N–H and O–H groups in total. The second-order valence-corrected chi connectivity index (χ2v) is 5.07. The van der Waals surface area contributed by atoms with Gasteiger partial charge in [-0.05, 0) is 30.7 Å². The summed E-state index contributed by atoms with van der Waals surface area (Å²) in [5, 5.41) is 1.37. The molecule has 0 fully saturated rings. The van der Waals surface area contributed by atoms with Crippen molar-refractivity contribution in [1.82, 2.24) is 4.57 Å². The lowest BCUT2D eigenvalue weighted by Crippen LogP contribution is -2.00. The third-order valence-electron chi connectivity index (χ3n) is 3.40. The van der Waals surface area contributed by atoms with Crippen molar-refractivity contribution in [1.29, 1.82) is 0 Å². The highest BCUT2D eigenvalue weighted by Gasteiger charge is 2.08. The smallest absolute Gasteiger partial charge is 0.146 e. The molecule has 1 nitrogen and oxygen atoms in total. The lowest BCUT2D eigenvalue weighted by Gasteiger charge is -2.08. The topological polar surface area (TPSA) is 4.93 Å². The monoisotopic (exact) mass is 273 g/mol. The van der Waals surface area contributed by atoms with Gasteiger partial charge in [-0.25, -0.2) is 4.39 Å². The first-order chi connectivity index (χ1) is 9.16. The Kier molecular flexibility index (Phi) is 3.03. The van der Waals surface area contributed by atoms with Crippen molar-refractivity contribution in [2.45, 2.75) is 13.5 Å². The van der Waals surface area contributed by atoms with E-state index in [1.807, 2.05) is 22.9 Å². The van der Waals surface area contributed by atoms with Crippen molar-refractivity contribution in [3.8, 4) is 0 Å². The van der Waals surface area contributed by atoms with Gasteiger partial charge in [0.15, 0.2) is 0 Å². The maximum absolute atomic E-state index is 13.9. The van der Waals surface area contributed by atoms with Gasteiger partial charge in [0.05, 0.1) is 11.6 Å². The molecule has 0 aliphatic carbocycles. The highest BCUT2D eigenvalue weighted by molar-refractivity contribution is 6.30. The van der Waals surface area contributed by atoms with Crippen LogP contribution in [0.25, 0.3) is 10.9 Å². The van der Waals surface area contributed by atoms with Gasteiger partial charge in [-0.3, -0.25) is 0 Å². The molecule has 0 spiro atoms. The van der Waals surface area contributed by atoms with E-state index < -0.39 is 0 Å². The van der Waals surface area contributed by atoms with Crippen LogP contribution in [0.15, 0.2) is 48.7 Å². The van der Waals surface area contributed by atoms with Crippen molar-refractivity contribution in [2.24, 2.45) is 0 Å². The summed E-state index contributed by atoms with van der Waals surface area (Å²) in [6, 6.07) is 13.3. The molecule has 19 heavy (non-hydrogen) atoms. The van der Waals surface area contributed by atoms with Crippen LogP contribution in [-0.4, -0.2) is 4.57 Å². The fraction of sp³-hybridized carbons (Fsp3) is 0.125. The number of aryl methyl sites for hydroxylation is 1. The molecule has 2 aromatic carbocycles. The van der Waals surface area contributed by atoms with E-state index in [0.717, 1.165) is 5.52 Å². The zero-order chi connectivity index (χ0) is 13.4. The normalized spacial score (nSPS) is 11.1. The van der Waals surface area contributed by atoms with Crippen molar-refractivity contribution in [2.75, 3.05) is 0 Å². The Morgan fingerprint density at radius 3 is 2.74 bits per heavy atom. The van der Waals surface area contributed by atoms with Crippen LogP contribution in [0.5, 0.6) is 0 Å². The predicted octanol–water partition coefficient (Wildman–Crippen LogP) is 4.79. The summed E-state index contributed by atoms with van der Waals surface area (Å²) in [5.74, 6) is -0.335. The van der Waals surface area contributed by atoms with Crippen LogP contribution in [0.2, 0.25) is 5.02 Å². The molecule has 3 heteroatoms. The molecule has 0 bridgehead atoms. The lowest BCUT2D eigenvalue weighted by atomic mass is 10.1. The number of halogens is 2. The highest BCUT2D eigenvalue weighted by Crippen LogP contribution is 2.23. The Labute approximate surface area is 116 Å². The van der Waals surface area contributed by atoms with Gasteiger partial charge in [0, 0.05) is 22.7 Å². The van der Waals surface area contributed by atoms with Crippen LogP contribution in [0.1, 0.15) is 11.1 Å². The molecule has 0 amide bonds. The van der Waals surface area contributed by atoms with E-state index in [-0.39, 0.29) is 10.8 Å². The maximum Gasteiger partial charge on any atom is 0.146 e. The minimum absolute atomic E-state index is 0.171. The van der Waals surface area contributed by atoms with E-state index in [9.17, 15) is 4.39 Å². The van der Waals surface area contributed by atoms with E-state index in [1.165, 1.54) is 10.9 Å². The number of hydrogen-bond donors (Lipinski definition) is 0. The molecule has 1 aromatic heterocycles. The molecule has 0 radical (unpaired) electrons. The number of hydrogen-bond acceptors (Lipinski definition) is 0. The van der Waals surface area contributed by atoms with Gasteiger partial charge >= 0.3 is 0 Å². The summed E-state index contributed by atoms with van der Waals surface area (Å²) in [7, 11) is 0. The van der Waals surface area contributed by atoms with Crippen molar-refractivity contribution >= 4 is 22.5 Å². The van der Waals surface area contributed by atoms with Crippen LogP contribution in [0.3, 0.4) is 0 Å². The average Bonchev–Trinajstić information content (AvgIpc) is 2.80. The van der Waals surface area contributed by atoms with Crippen LogP contribution < -0.4 is 0 Å². The van der Waals surface area contributed by atoms with Crippen LogP contribution >= 0.6 is 11.6 Å². The second kappa shape index (κ2) is 4.71. The molecular weight excluding hydrogens is 261 g/mol.